The Morgan fingerprint density at radius 2 is 1.62 bits per heavy atom. The van der Waals surface area contributed by atoms with Crippen LogP contribution in [-0.2, 0) is 11.2 Å². The number of piperazine rings is 1. The van der Waals surface area contributed by atoms with Crippen LogP contribution in [-0.4, -0.2) is 57.0 Å². The fourth-order valence-electron chi connectivity index (χ4n) is 3.53. The molecule has 1 fully saturated rings. The maximum atomic E-state index is 13.0. The molecule has 1 aliphatic rings. The van der Waals surface area contributed by atoms with E-state index in [0.29, 0.717) is 32.0 Å². The van der Waals surface area contributed by atoms with Crippen molar-refractivity contribution in [1.82, 2.24) is 24.9 Å². The highest BCUT2D eigenvalue weighted by molar-refractivity contribution is 5.79. The van der Waals surface area contributed by atoms with Crippen LogP contribution in [0.5, 0.6) is 0 Å². The number of hydrogen-bond donors (Lipinski definition) is 0. The van der Waals surface area contributed by atoms with Crippen molar-refractivity contribution in [3.63, 3.8) is 0 Å². The molecule has 7 nitrogen and oxygen atoms in total. The molecule has 3 aromatic rings. The van der Waals surface area contributed by atoms with Crippen molar-refractivity contribution >= 4 is 11.7 Å². The zero-order valence-corrected chi connectivity index (χ0v) is 16.5. The van der Waals surface area contributed by atoms with E-state index in [9.17, 15) is 9.18 Å². The predicted octanol–water partition coefficient (Wildman–Crippen LogP) is 2.31. The van der Waals surface area contributed by atoms with Crippen molar-refractivity contribution in [2.24, 2.45) is 0 Å². The van der Waals surface area contributed by atoms with E-state index in [1.807, 2.05) is 36.9 Å². The second kappa shape index (κ2) is 7.98. The van der Waals surface area contributed by atoms with E-state index in [4.69, 9.17) is 0 Å². The highest BCUT2D eigenvalue weighted by atomic mass is 19.1. The van der Waals surface area contributed by atoms with E-state index in [-0.39, 0.29) is 18.1 Å². The summed E-state index contributed by atoms with van der Waals surface area (Å²) in [6, 6.07) is 11.9. The van der Waals surface area contributed by atoms with Crippen molar-refractivity contribution in [1.29, 1.82) is 0 Å². The molecule has 0 atom stereocenters. The Kier molecular flexibility index (Phi) is 5.24. The van der Waals surface area contributed by atoms with E-state index >= 15 is 0 Å². The van der Waals surface area contributed by atoms with Crippen molar-refractivity contribution in [2.75, 3.05) is 31.1 Å². The van der Waals surface area contributed by atoms with Crippen LogP contribution >= 0.6 is 0 Å². The summed E-state index contributed by atoms with van der Waals surface area (Å²) in [5, 5.41) is 13.1. The van der Waals surface area contributed by atoms with Crippen LogP contribution in [0.4, 0.5) is 10.2 Å². The van der Waals surface area contributed by atoms with Gasteiger partial charge in [-0.05, 0) is 49.7 Å². The Morgan fingerprint density at radius 1 is 0.966 bits per heavy atom. The van der Waals surface area contributed by atoms with Crippen LogP contribution in [0.1, 0.15) is 17.0 Å². The lowest BCUT2D eigenvalue weighted by Crippen LogP contribution is -2.49. The lowest BCUT2D eigenvalue weighted by atomic mass is 10.1. The summed E-state index contributed by atoms with van der Waals surface area (Å²) in [4.78, 5) is 16.5. The van der Waals surface area contributed by atoms with E-state index in [2.05, 4.69) is 20.2 Å². The lowest BCUT2D eigenvalue weighted by Gasteiger charge is -2.35. The number of anilines is 1. The van der Waals surface area contributed by atoms with Gasteiger partial charge < -0.3 is 9.80 Å². The largest absolute Gasteiger partial charge is 0.352 e. The van der Waals surface area contributed by atoms with Crippen LogP contribution in [0.3, 0.4) is 0 Å². The molecule has 0 bridgehead atoms. The molecule has 0 unspecified atom stereocenters. The Hall–Kier alpha value is -3.29. The first kappa shape index (κ1) is 19.0. The number of carbonyl (C=O) groups excluding carboxylic acids is 1. The van der Waals surface area contributed by atoms with Gasteiger partial charge >= 0.3 is 0 Å². The van der Waals surface area contributed by atoms with E-state index in [0.717, 1.165) is 22.8 Å². The number of aromatic nitrogens is 4. The average Bonchev–Trinajstić information content (AvgIpc) is 3.08. The van der Waals surface area contributed by atoms with Gasteiger partial charge in [-0.15, -0.1) is 10.2 Å². The zero-order chi connectivity index (χ0) is 20.4. The van der Waals surface area contributed by atoms with Gasteiger partial charge in [0.15, 0.2) is 11.6 Å². The fourth-order valence-corrected chi connectivity index (χ4v) is 3.53. The first-order valence-corrected chi connectivity index (χ1v) is 9.64. The Bertz CT molecular complexity index is 991. The van der Waals surface area contributed by atoms with E-state index in [1.165, 1.54) is 12.1 Å². The summed E-state index contributed by atoms with van der Waals surface area (Å²) in [5.41, 5.74) is 2.78. The molecule has 8 heteroatoms. The number of rotatable bonds is 4. The minimum Gasteiger partial charge on any atom is -0.352 e. The molecule has 3 heterocycles. The molecule has 4 rings (SSSR count). The minimum atomic E-state index is -0.292. The summed E-state index contributed by atoms with van der Waals surface area (Å²) in [6.07, 6.45) is 0.289. The summed E-state index contributed by atoms with van der Waals surface area (Å²) in [7, 11) is 0. The smallest absolute Gasteiger partial charge is 0.227 e. The van der Waals surface area contributed by atoms with Crippen LogP contribution in [0.25, 0.3) is 5.82 Å². The second-order valence-electron chi connectivity index (χ2n) is 7.26. The molecule has 150 valence electrons. The van der Waals surface area contributed by atoms with Crippen molar-refractivity contribution in [3.05, 3.63) is 65.2 Å². The molecule has 0 radical (unpaired) electrons. The number of amides is 1. The Labute approximate surface area is 168 Å². The standard InChI is InChI=1S/C21H23FN6O/c1-15-13-16(2)28(25-15)20-8-7-19(23-24-20)26-9-11-27(12-10-26)21(29)14-17-3-5-18(22)6-4-17/h3-8,13H,9-12,14H2,1-2H3. The quantitative estimate of drug-likeness (QED) is 0.679. The van der Waals surface area contributed by atoms with Crippen LogP contribution in [0.2, 0.25) is 0 Å². The van der Waals surface area contributed by atoms with Gasteiger partial charge in [-0.3, -0.25) is 4.79 Å². The molecule has 1 aromatic carbocycles. The van der Waals surface area contributed by atoms with Gasteiger partial charge in [0.2, 0.25) is 5.91 Å². The molecule has 29 heavy (non-hydrogen) atoms. The Morgan fingerprint density at radius 3 is 2.21 bits per heavy atom. The van der Waals surface area contributed by atoms with Crippen LogP contribution in [0, 0.1) is 19.7 Å². The van der Waals surface area contributed by atoms with E-state index < -0.39 is 0 Å². The fraction of sp³-hybridized carbons (Fsp3) is 0.333. The molecule has 1 amide bonds. The van der Waals surface area contributed by atoms with Crippen molar-refractivity contribution in [3.8, 4) is 5.82 Å². The van der Waals surface area contributed by atoms with Gasteiger partial charge in [0, 0.05) is 31.9 Å². The third kappa shape index (κ3) is 4.26. The van der Waals surface area contributed by atoms with E-state index in [1.54, 1.807) is 16.8 Å². The number of hydrogen-bond acceptors (Lipinski definition) is 5. The minimum absolute atomic E-state index is 0.0576. The van der Waals surface area contributed by atoms with Gasteiger partial charge in [0.1, 0.15) is 5.82 Å². The first-order valence-electron chi connectivity index (χ1n) is 9.64. The number of halogens is 1. The van der Waals surface area contributed by atoms with Gasteiger partial charge in [0.05, 0.1) is 12.1 Å². The highest BCUT2D eigenvalue weighted by Gasteiger charge is 2.22. The molecular formula is C21H23FN6O. The lowest BCUT2D eigenvalue weighted by molar-refractivity contribution is -0.130. The Balaban J connectivity index is 1.35. The molecular weight excluding hydrogens is 371 g/mol. The average molecular weight is 394 g/mol. The first-order chi connectivity index (χ1) is 14.0. The van der Waals surface area contributed by atoms with Crippen molar-refractivity contribution in [2.45, 2.75) is 20.3 Å². The molecule has 2 aromatic heterocycles. The third-order valence-electron chi connectivity index (χ3n) is 5.09. The predicted molar refractivity (Wildman–Crippen MR) is 108 cm³/mol. The normalized spacial score (nSPS) is 14.3. The SMILES string of the molecule is Cc1cc(C)n(-c2ccc(N3CCN(C(=O)Cc4ccc(F)cc4)CC3)nn2)n1. The van der Waals surface area contributed by atoms with Crippen LogP contribution < -0.4 is 4.90 Å². The maximum Gasteiger partial charge on any atom is 0.227 e. The molecule has 1 saturated heterocycles. The second-order valence-corrected chi connectivity index (χ2v) is 7.26. The monoisotopic (exact) mass is 394 g/mol. The summed E-state index contributed by atoms with van der Waals surface area (Å²) < 4.78 is 14.8. The number of carbonyl (C=O) groups is 1. The van der Waals surface area contributed by atoms with Gasteiger partial charge in [-0.1, -0.05) is 12.1 Å². The molecule has 1 aliphatic heterocycles. The number of nitrogens with zero attached hydrogens (tertiary/aromatic N) is 6. The highest BCUT2D eigenvalue weighted by Crippen LogP contribution is 2.16. The van der Waals surface area contributed by atoms with Crippen LogP contribution in [0.15, 0.2) is 42.5 Å². The number of benzene rings is 1. The van der Waals surface area contributed by atoms with Gasteiger partial charge in [-0.25, -0.2) is 9.07 Å². The summed E-state index contributed by atoms with van der Waals surface area (Å²) >= 11 is 0. The topological polar surface area (TPSA) is 67.2 Å². The van der Waals surface area contributed by atoms with Gasteiger partial charge in [0.25, 0.3) is 0 Å². The number of aryl methyl sites for hydroxylation is 2. The maximum absolute atomic E-state index is 13.0. The molecule has 0 aliphatic carbocycles. The van der Waals surface area contributed by atoms with Gasteiger partial charge in [-0.2, -0.15) is 5.10 Å². The molecule has 0 spiro atoms. The van der Waals surface area contributed by atoms with Crippen molar-refractivity contribution < 1.29 is 9.18 Å². The summed E-state index contributed by atoms with van der Waals surface area (Å²) in [5.74, 6) is 1.25. The summed E-state index contributed by atoms with van der Waals surface area (Å²) in [6.45, 7) is 6.58. The molecule has 0 N–H and O–H groups in total. The molecule has 0 saturated carbocycles. The third-order valence-corrected chi connectivity index (χ3v) is 5.09. The zero-order valence-electron chi connectivity index (χ0n) is 16.5.